The van der Waals surface area contributed by atoms with Crippen LogP contribution in [0.15, 0.2) is 30.3 Å². The van der Waals surface area contributed by atoms with E-state index in [9.17, 15) is 4.79 Å². The van der Waals surface area contributed by atoms with Gasteiger partial charge in [0, 0.05) is 38.0 Å². The summed E-state index contributed by atoms with van der Waals surface area (Å²) in [6.07, 6.45) is 3.74. The largest absolute Gasteiger partial charge is 0.341 e. The van der Waals surface area contributed by atoms with Crippen molar-refractivity contribution in [2.75, 3.05) is 13.1 Å². The molecule has 2 fully saturated rings. The van der Waals surface area contributed by atoms with Crippen molar-refractivity contribution < 1.29 is 4.79 Å². The van der Waals surface area contributed by atoms with Gasteiger partial charge >= 0.3 is 0 Å². The number of rotatable bonds is 3. The van der Waals surface area contributed by atoms with E-state index in [0.717, 1.165) is 19.5 Å². The Bertz CT molecular complexity index is 441. The second kappa shape index (κ2) is 5.33. The van der Waals surface area contributed by atoms with Gasteiger partial charge in [0.15, 0.2) is 0 Å². The molecule has 3 heteroatoms. The van der Waals surface area contributed by atoms with Gasteiger partial charge in [-0.1, -0.05) is 30.3 Å². The Morgan fingerprint density at radius 1 is 1.16 bits per heavy atom. The average molecular weight is 258 g/mol. The average Bonchev–Trinajstić information content (AvgIpc) is 3.23. The summed E-state index contributed by atoms with van der Waals surface area (Å²) in [5.74, 6) is 0.665. The van der Waals surface area contributed by atoms with Crippen molar-refractivity contribution in [1.82, 2.24) is 10.2 Å². The molecule has 1 aromatic carbocycles. The number of carbonyl (C=O) groups excluding carboxylic acids is 1. The summed E-state index contributed by atoms with van der Waals surface area (Å²) in [7, 11) is 0. The molecule has 1 aliphatic heterocycles. The third kappa shape index (κ3) is 3.16. The minimum Gasteiger partial charge on any atom is -0.341 e. The predicted octanol–water partition coefficient (Wildman–Crippen LogP) is 2.14. The smallest absolute Gasteiger partial charge is 0.219 e. The van der Waals surface area contributed by atoms with E-state index < -0.39 is 0 Å². The Labute approximate surface area is 115 Å². The zero-order valence-electron chi connectivity index (χ0n) is 11.5. The first kappa shape index (κ1) is 12.7. The molecule has 3 nitrogen and oxygen atoms in total. The highest BCUT2D eigenvalue weighted by atomic mass is 16.2. The third-order valence-corrected chi connectivity index (χ3v) is 4.22. The van der Waals surface area contributed by atoms with Crippen LogP contribution in [0.25, 0.3) is 0 Å². The molecule has 3 rings (SSSR count). The maximum absolute atomic E-state index is 11.7. The molecule has 1 saturated carbocycles. The maximum Gasteiger partial charge on any atom is 0.219 e. The highest BCUT2D eigenvalue weighted by Gasteiger charge is 2.32. The Hall–Kier alpha value is -1.35. The molecule has 0 aromatic heterocycles. The molecule has 19 heavy (non-hydrogen) atoms. The number of nitrogens with one attached hydrogen (secondary N) is 1. The molecular weight excluding hydrogens is 236 g/mol. The van der Waals surface area contributed by atoms with E-state index in [-0.39, 0.29) is 5.91 Å². The number of hydrogen-bond donors (Lipinski definition) is 1. The lowest BCUT2D eigenvalue weighted by molar-refractivity contribution is -0.130. The van der Waals surface area contributed by atoms with Gasteiger partial charge in [0.1, 0.15) is 0 Å². The van der Waals surface area contributed by atoms with Crippen LogP contribution in [-0.2, 0) is 4.79 Å². The van der Waals surface area contributed by atoms with Crippen LogP contribution in [0.2, 0.25) is 0 Å². The van der Waals surface area contributed by atoms with Crippen LogP contribution in [0.4, 0.5) is 0 Å². The molecule has 102 valence electrons. The van der Waals surface area contributed by atoms with Gasteiger partial charge in [0.25, 0.3) is 0 Å². The number of carbonyl (C=O) groups is 1. The van der Waals surface area contributed by atoms with Crippen LogP contribution in [0.3, 0.4) is 0 Å². The van der Waals surface area contributed by atoms with Crippen LogP contribution >= 0.6 is 0 Å². The highest BCUT2D eigenvalue weighted by Crippen LogP contribution is 2.29. The zero-order chi connectivity index (χ0) is 13.2. The van der Waals surface area contributed by atoms with E-state index in [1.807, 2.05) is 4.90 Å². The minimum atomic E-state index is 0.197. The van der Waals surface area contributed by atoms with Crippen molar-refractivity contribution in [2.45, 2.75) is 44.2 Å². The number of benzene rings is 1. The highest BCUT2D eigenvalue weighted by molar-refractivity contribution is 5.73. The van der Waals surface area contributed by atoms with Gasteiger partial charge in [-0.2, -0.15) is 0 Å². The Kier molecular flexibility index (Phi) is 3.56. The lowest BCUT2D eigenvalue weighted by atomic mass is 9.88. The van der Waals surface area contributed by atoms with Crippen LogP contribution in [0.5, 0.6) is 0 Å². The Balaban J connectivity index is 1.73. The maximum atomic E-state index is 11.7. The molecule has 2 atom stereocenters. The molecule has 0 bridgehead atoms. The van der Waals surface area contributed by atoms with Crippen LogP contribution < -0.4 is 5.32 Å². The number of likely N-dealkylation sites (tertiary alicyclic amines) is 1. The van der Waals surface area contributed by atoms with Gasteiger partial charge in [-0.3, -0.25) is 4.79 Å². The van der Waals surface area contributed by atoms with E-state index in [1.165, 1.54) is 18.4 Å². The molecular formula is C16H22N2O. The quantitative estimate of drug-likeness (QED) is 0.901. The summed E-state index contributed by atoms with van der Waals surface area (Å²) in [5.41, 5.74) is 1.36. The molecule has 1 aliphatic carbocycles. The van der Waals surface area contributed by atoms with Gasteiger partial charge < -0.3 is 10.2 Å². The SMILES string of the molecule is CC(=O)N1CC(NC2CC2)CC(c2ccccc2)C1. The predicted molar refractivity (Wildman–Crippen MR) is 76.0 cm³/mol. The summed E-state index contributed by atoms with van der Waals surface area (Å²) < 4.78 is 0. The number of hydrogen-bond acceptors (Lipinski definition) is 2. The van der Waals surface area contributed by atoms with Gasteiger partial charge in [0.2, 0.25) is 5.91 Å². The van der Waals surface area contributed by atoms with E-state index in [0.29, 0.717) is 18.0 Å². The van der Waals surface area contributed by atoms with Crippen molar-refractivity contribution in [3.63, 3.8) is 0 Å². The Morgan fingerprint density at radius 2 is 1.89 bits per heavy atom. The molecule has 2 unspecified atom stereocenters. The van der Waals surface area contributed by atoms with E-state index in [1.54, 1.807) is 6.92 Å². The van der Waals surface area contributed by atoms with Crippen LogP contribution in [0, 0.1) is 0 Å². The topological polar surface area (TPSA) is 32.3 Å². The Morgan fingerprint density at radius 3 is 2.53 bits per heavy atom. The van der Waals surface area contributed by atoms with Crippen molar-refractivity contribution in [3.05, 3.63) is 35.9 Å². The molecule has 1 saturated heterocycles. The van der Waals surface area contributed by atoms with Crippen LogP contribution in [-0.4, -0.2) is 36.0 Å². The molecule has 1 heterocycles. The normalized spacial score (nSPS) is 27.3. The first-order valence-electron chi connectivity index (χ1n) is 7.29. The third-order valence-electron chi connectivity index (χ3n) is 4.22. The second-order valence-corrected chi connectivity index (χ2v) is 5.91. The van der Waals surface area contributed by atoms with Gasteiger partial charge in [-0.05, 0) is 24.8 Å². The fourth-order valence-corrected chi connectivity index (χ4v) is 3.03. The summed E-state index contributed by atoms with van der Waals surface area (Å²) in [4.78, 5) is 13.7. The second-order valence-electron chi connectivity index (χ2n) is 5.91. The fourth-order valence-electron chi connectivity index (χ4n) is 3.03. The van der Waals surface area contributed by atoms with E-state index in [4.69, 9.17) is 0 Å². The first-order valence-corrected chi connectivity index (χ1v) is 7.29. The summed E-state index contributed by atoms with van der Waals surface area (Å²) in [6.45, 7) is 3.42. The number of amides is 1. The first-order chi connectivity index (χ1) is 9.22. The van der Waals surface area contributed by atoms with Crippen LogP contribution in [0.1, 0.15) is 37.7 Å². The van der Waals surface area contributed by atoms with E-state index >= 15 is 0 Å². The standard InChI is InChI=1S/C16H22N2O/c1-12(19)18-10-14(13-5-3-2-4-6-13)9-16(11-18)17-15-7-8-15/h2-6,14-17H,7-11H2,1H3. The van der Waals surface area contributed by atoms with Gasteiger partial charge in [0.05, 0.1) is 0 Å². The van der Waals surface area contributed by atoms with Gasteiger partial charge in [-0.25, -0.2) is 0 Å². The number of nitrogens with zero attached hydrogens (tertiary/aromatic N) is 1. The van der Waals surface area contributed by atoms with E-state index in [2.05, 4.69) is 35.6 Å². The molecule has 1 N–H and O–H groups in total. The number of piperidine rings is 1. The van der Waals surface area contributed by atoms with Crippen molar-refractivity contribution in [2.24, 2.45) is 0 Å². The molecule has 0 spiro atoms. The molecule has 0 radical (unpaired) electrons. The van der Waals surface area contributed by atoms with Gasteiger partial charge in [-0.15, -0.1) is 0 Å². The fraction of sp³-hybridized carbons (Fsp3) is 0.562. The minimum absolute atomic E-state index is 0.197. The summed E-state index contributed by atoms with van der Waals surface area (Å²) in [5, 5.41) is 3.68. The van der Waals surface area contributed by atoms with Crippen molar-refractivity contribution >= 4 is 5.91 Å². The van der Waals surface area contributed by atoms with Crippen molar-refractivity contribution in [1.29, 1.82) is 0 Å². The molecule has 1 amide bonds. The molecule has 2 aliphatic rings. The molecule has 1 aromatic rings. The lowest BCUT2D eigenvalue weighted by Gasteiger charge is -2.38. The monoisotopic (exact) mass is 258 g/mol. The lowest BCUT2D eigenvalue weighted by Crippen LogP contribution is -2.50. The van der Waals surface area contributed by atoms with Crippen molar-refractivity contribution in [3.8, 4) is 0 Å². The summed E-state index contributed by atoms with van der Waals surface area (Å²) in [6, 6.07) is 11.8. The zero-order valence-corrected chi connectivity index (χ0v) is 11.5. The summed E-state index contributed by atoms with van der Waals surface area (Å²) >= 11 is 0.